The molecular weight excluding hydrogens is 455 g/mol. The van der Waals surface area contributed by atoms with E-state index < -0.39 is 0 Å². The predicted octanol–water partition coefficient (Wildman–Crippen LogP) is 3.88. The van der Waals surface area contributed by atoms with Crippen molar-refractivity contribution in [3.63, 3.8) is 0 Å². The number of rotatable bonds is 4. The first-order valence-corrected chi connectivity index (χ1v) is 9.00. The van der Waals surface area contributed by atoms with Crippen molar-refractivity contribution in [3.05, 3.63) is 52.8 Å². The highest BCUT2D eigenvalue weighted by Gasteiger charge is 2.27. The first-order chi connectivity index (χ1) is 12.1. The van der Waals surface area contributed by atoms with Crippen molar-refractivity contribution in [2.45, 2.75) is 13.0 Å². The minimum atomic E-state index is -0.112. The van der Waals surface area contributed by atoms with Gasteiger partial charge in [-0.15, -0.1) is 24.8 Å². The van der Waals surface area contributed by atoms with Crippen LogP contribution in [0.25, 0.3) is 0 Å². The number of halogens is 3. The Morgan fingerprint density at radius 1 is 1.30 bits per heavy atom. The van der Waals surface area contributed by atoms with E-state index in [2.05, 4.69) is 31.5 Å². The number of aryl methyl sites for hydroxylation is 1. The second kappa shape index (κ2) is 11.3. The van der Waals surface area contributed by atoms with Crippen molar-refractivity contribution in [1.82, 2.24) is 15.2 Å². The van der Waals surface area contributed by atoms with Crippen LogP contribution in [0.15, 0.2) is 47.1 Å². The number of hydrogen-bond acceptors (Lipinski definition) is 4. The minimum absolute atomic E-state index is 0. The van der Waals surface area contributed by atoms with Crippen molar-refractivity contribution in [1.29, 1.82) is 0 Å². The van der Waals surface area contributed by atoms with Crippen molar-refractivity contribution in [2.24, 2.45) is 0 Å². The van der Waals surface area contributed by atoms with E-state index in [4.69, 9.17) is 4.74 Å². The fourth-order valence-electron chi connectivity index (χ4n) is 2.64. The lowest BCUT2D eigenvalue weighted by Crippen LogP contribution is -2.57. The molecule has 27 heavy (non-hydrogen) atoms. The molecule has 2 amide bonds. The normalized spacial score (nSPS) is 15.9. The summed E-state index contributed by atoms with van der Waals surface area (Å²) in [6.07, 6.45) is 1.71. The summed E-state index contributed by atoms with van der Waals surface area (Å²) >= 11 is 3.39. The topological polar surface area (TPSA) is 66.5 Å². The standard InChI is InChI=1S/C18H21BrN4O2.2ClH/c1-13-2-7-17(11-21-13)25-12-16-10-20-8-9-23(16)18(24)22-15-5-3-14(19)4-6-15;;/h2-7,11,16,20H,8-10,12H2,1H3,(H,22,24);2*1H. The van der Waals surface area contributed by atoms with Crippen molar-refractivity contribution in [2.75, 3.05) is 31.6 Å². The molecule has 9 heteroatoms. The molecule has 0 spiro atoms. The molecule has 2 aromatic rings. The number of anilines is 1. The third kappa shape index (κ3) is 6.84. The van der Waals surface area contributed by atoms with Crippen molar-refractivity contribution in [3.8, 4) is 5.75 Å². The lowest BCUT2D eigenvalue weighted by atomic mass is 10.2. The zero-order valence-electron chi connectivity index (χ0n) is 14.9. The van der Waals surface area contributed by atoms with Crippen molar-refractivity contribution < 1.29 is 9.53 Å². The highest BCUT2D eigenvalue weighted by atomic mass is 79.9. The third-order valence-corrected chi connectivity index (χ3v) is 4.56. The molecule has 0 aliphatic carbocycles. The largest absolute Gasteiger partial charge is 0.490 e. The van der Waals surface area contributed by atoms with Gasteiger partial charge in [0.05, 0.1) is 12.2 Å². The Bertz CT molecular complexity index is 716. The second-order valence-corrected chi connectivity index (χ2v) is 6.85. The van der Waals surface area contributed by atoms with Gasteiger partial charge in [-0.05, 0) is 43.3 Å². The fourth-order valence-corrected chi connectivity index (χ4v) is 2.90. The number of carbonyl (C=O) groups excluding carboxylic acids is 1. The van der Waals surface area contributed by atoms with Gasteiger partial charge in [-0.2, -0.15) is 0 Å². The van der Waals surface area contributed by atoms with Crippen LogP contribution < -0.4 is 15.4 Å². The molecule has 3 rings (SSSR count). The van der Waals surface area contributed by atoms with Gasteiger partial charge < -0.3 is 20.3 Å². The Morgan fingerprint density at radius 3 is 2.70 bits per heavy atom. The number of aromatic nitrogens is 1. The molecule has 1 aliphatic heterocycles. The van der Waals surface area contributed by atoms with Crippen LogP contribution in [0.3, 0.4) is 0 Å². The van der Waals surface area contributed by atoms with E-state index in [1.54, 1.807) is 6.20 Å². The summed E-state index contributed by atoms with van der Waals surface area (Å²) < 4.78 is 6.79. The van der Waals surface area contributed by atoms with Gasteiger partial charge in [0.15, 0.2) is 0 Å². The molecule has 1 aliphatic rings. The summed E-state index contributed by atoms with van der Waals surface area (Å²) in [5.74, 6) is 0.712. The lowest BCUT2D eigenvalue weighted by molar-refractivity contribution is 0.133. The fraction of sp³-hybridized carbons (Fsp3) is 0.333. The summed E-state index contributed by atoms with van der Waals surface area (Å²) in [4.78, 5) is 18.7. The number of benzene rings is 1. The molecule has 1 aromatic heterocycles. The molecule has 0 radical (unpaired) electrons. The van der Waals surface area contributed by atoms with Crippen LogP contribution in [0.4, 0.5) is 10.5 Å². The average Bonchev–Trinajstić information content (AvgIpc) is 2.63. The minimum Gasteiger partial charge on any atom is -0.490 e. The van der Waals surface area contributed by atoms with E-state index in [1.165, 1.54) is 0 Å². The maximum Gasteiger partial charge on any atom is 0.322 e. The first kappa shape index (κ1) is 23.5. The number of carbonyl (C=O) groups is 1. The average molecular weight is 478 g/mol. The second-order valence-electron chi connectivity index (χ2n) is 5.93. The van der Waals surface area contributed by atoms with Gasteiger partial charge in [0, 0.05) is 35.5 Å². The van der Waals surface area contributed by atoms with Crippen LogP contribution in [-0.2, 0) is 0 Å². The monoisotopic (exact) mass is 476 g/mol. The summed E-state index contributed by atoms with van der Waals surface area (Å²) in [6, 6.07) is 11.2. The molecule has 0 bridgehead atoms. The highest BCUT2D eigenvalue weighted by molar-refractivity contribution is 9.10. The predicted molar refractivity (Wildman–Crippen MR) is 115 cm³/mol. The zero-order chi connectivity index (χ0) is 17.6. The Labute approximate surface area is 180 Å². The number of nitrogens with one attached hydrogen (secondary N) is 2. The summed E-state index contributed by atoms with van der Waals surface area (Å²) in [7, 11) is 0. The molecule has 6 nitrogen and oxygen atoms in total. The highest BCUT2D eigenvalue weighted by Crippen LogP contribution is 2.16. The van der Waals surface area contributed by atoms with E-state index in [0.29, 0.717) is 25.4 Å². The van der Waals surface area contributed by atoms with Crippen LogP contribution in [0.1, 0.15) is 5.69 Å². The maximum absolute atomic E-state index is 12.6. The molecule has 1 saturated heterocycles. The van der Waals surface area contributed by atoms with Gasteiger partial charge in [-0.1, -0.05) is 15.9 Å². The van der Waals surface area contributed by atoms with Gasteiger partial charge in [0.25, 0.3) is 0 Å². The summed E-state index contributed by atoms with van der Waals surface area (Å²) in [5.41, 5.74) is 1.72. The zero-order valence-corrected chi connectivity index (χ0v) is 18.1. The number of pyridine rings is 1. The smallest absolute Gasteiger partial charge is 0.322 e. The van der Waals surface area contributed by atoms with E-state index in [9.17, 15) is 4.79 Å². The number of nitrogens with zero attached hydrogens (tertiary/aromatic N) is 2. The van der Waals surface area contributed by atoms with Crippen molar-refractivity contribution >= 4 is 52.5 Å². The van der Waals surface area contributed by atoms with E-state index in [0.717, 1.165) is 22.4 Å². The summed E-state index contributed by atoms with van der Waals surface area (Å²) in [5, 5.41) is 6.26. The van der Waals surface area contributed by atoms with E-state index >= 15 is 0 Å². The number of ether oxygens (including phenoxy) is 1. The van der Waals surface area contributed by atoms with E-state index in [-0.39, 0.29) is 36.9 Å². The number of amides is 2. The maximum atomic E-state index is 12.6. The number of hydrogen-bond donors (Lipinski definition) is 2. The quantitative estimate of drug-likeness (QED) is 0.701. The molecule has 0 saturated carbocycles. The molecule has 1 unspecified atom stereocenters. The number of piperazine rings is 1. The van der Waals surface area contributed by atoms with Crippen LogP contribution >= 0.6 is 40.7 Å². The van der Waals surface area contributed by atoms with Gasteiger partial charge >= 0.3 is 6.03 Å². The molecule has 1 aromatic carbocycles. The molecule has 2 heterocycles. The molecule has 148 valence electrons. The van der Waals surface area contributed by atoms with E-state index in [1.807, 2.05) is 48.2 Å². The van der Waals surface area contributed by atoms with Gasteiger partial charge in [-0.3, -0.25) is 4.98 Å². The lowest BCUT2D eigenvalue weighted by Gasteiger charge is -2.35. The van der Waals surface area contributed by atoms with Crippen LogP contribution in [0.2, 0.25) is 0 Å². The van der Waals surface area contributed by atoms with Gasteiger partial charge in [0.1, 0.15) is 12.4 Å². The molecule has 2 N–H and O–H groups in total. The summed E-state index contributed by atoms with van der Waals surface area (Å²) in [6.45, 7) is 4.47. The van der Waals surface area contributed by atoms with Crippen LogP contribution in [0, 0.1) is 6.92 Å². The van der Waals surface area contributed by atoms with Gasteiger partial charge in [-0.25, -0.2) is 4.79 Å². The number of urea groups is 1. The third-order valence-electron chi connectivity index (χ3n) is 4.03. The van der Waals surface area contributed by atoms with Gasteiger partial charge in [0.2, 0.25) is 0 Å². The SMILES string of the molecule is Cc1ccc(OCC2CNCCN2C(=O)Nc2ccc(Br)cc2)cn1.Cl.Cl. The Kier molecular flexibility index (Phi) is 9.87. The van der Waals surface area contributed by atoms with Crippen LogP contribution in [0.5, 0.6) is 5.75 Å². The first-order valence-electron chi connectivity index (χ1n) is 8.21. The Hall–Kier alpha value is -1.54. The Morgan fingerprint density at radius 2 is 2.04 bits per heavy atom. The molecule has 1 atom stereocenters. The molecular formula is C18H23BrCl2N4O2. The molecule has 1 fully saturated rings. The van der Waals surface area contributed by atoms with Crippen LogP contribution in [-0.4, -0.2) is 48.2 Å². The Balaban J connectivity index is 0.00000182.